The van der Waals surface area contributed by atoms with Crippen LogP contribution in [0.1, 0.15) is 62.3 Å². The molecule has 2 unspecified atom stereocenters. The van der Waals surface area contributed by atoms with E-state index in [1.807, 2.05) is 31.7 Å². The van der Waals surface area contributed by atoms with Gasteiger partial charge in [0.25, 0.3) is 0 Å². The van der Waals surface area contributed by atoms with Crippen molar-refractivity contribution in [2.45, 2.75) is 52.2 Å². The Labute approximate surface area is 191 Å². The largest absolute Gasteiger partial charge is 0.368 e. The first-order valence-corrected chi connectivity index (χ1v) is 12.0. The number of carbonyl (C=O) groups is 1. The smallest absolute Gasteiger partial charge is 0.228 e. The highest BCUT2D eigenvalue weighted by molar-refractivity contribution is 5.81. The van der Waals surface area contributed by atoms with Gasteiger partial charge in [0, 0.05) is 43.8 Å². The van der Waals surface area contributed by atoms with Crippen molar-refractivity contribution in [2.75, 3.05) is 37.6 Å². The lowest BCUT2D eigenvalue weighted by Crippen LogP contribution is -2.51. The molecule has 0 aromatic heterocycles. The van der Waals surface area contributed by atoms with Gasteiger partial charge in [0.05, 0.1) is 12.6 Å². The molecule has 1 amide bonds. The topological polar surface area (TPSA) is 36.0 Å². The summed E-state index contributed by atoms with van der Waals surface area (Å²) in [4.78, 5) is 23.4. The Morgan fingerprint density at radius 3 is 2.44 bits per heavy atom. The molecule has 2 bridgehead atoms. The molecule has 170 valence electrons. The average molecular weight is 434 g/mol. The second-order valence-electron chi connectivity index (χ2n) is 10.5. The summed E-state index contributed by atoms with van der Waals surface area (Å²) in [7, 11) is 0. The minimum atomic E-state index is -0.309. The minimum Gasteiger partial charge on any atom is -0.368 e. The van der Waals surface area contributed by atoms with Crippen LogP contribution in [-0.4, -0.2) is 48.6 Å². The van der Waals surface area contributed by atoms with E-state index in [2.05, 4.69) is 52.4 Å². The third-order valence-electron chi connectivity index (χ3n) is 7.24. The van der Waals surface area contributed by atoms with Crippen LogP contribution in [0.25, 0.3) is 0 Å². The normalized spacial score (nSPS) is 23.3. The van der Waals surface area contributed by atoms with Gasteiger partial charge in [0.15, 0.2) is 0 Å². The first kappa shape index (κ1) is 21.5. The van der Waals surface area contributed by atoms with Crippen LogP contribution in [0.5, 0.6) is 0 Å². The SMILES string of the molecule is CC(C)(C)C(=O)N1CCN(c2ccc3c(c2)C2CC3CCN2OCc2ccccc2)CC1. The summed E-state index contributed by atoms with van der Waals surface area (Å²) in [5.74, 6) is 0.910. The van der Waals surface area contributed by atoms with Gasteiger partial charge in [-0.25, -0.2) is 0 Å². The molecule has 2 aromatic carbocycles. The third kappa shape index (κ3) is 4.16. The van der Waals surface area contributed by atoms with Gasteiger partial charge in [-0.05, 0) is 47.6 Å². The van der Waals surface area contributed by atoms with Crippen LogP contribution in [0, 0.1) is 5.41 Å². The monoisotopic (exact) mass is 433 g/mol. The lowest BCUT2D eigenvalue weighted by Gasteiger charge is -2.39. The number of hydrogen-bond donors (Lipinski definition) is 0. The van der Waals surface area contributed by atoms with Crippen molar-refractivity contribution in [3.05, 3.63) is 65.2 Å². The molecular formula is C27H35N3O2. The van der Waals surface area contributed by atoms with E-state index in [0.717, 1.165) is 45.6 Å². The van der Waals surface area contributed by atoms with E-state index in [1.54, 1.807) is 0 Å². The van der Waals surface area contributed by atoms with Gasteiger partial charge < -0.3 is 9.80 Å². The van der Waals surface area contributed by atoms with Gasteiger partial charge in [-0.1, -0.05) is 57.2 Å². The average Bonchev–Trinajstić information content (AvgIpc) is 3.10. The summed E-state index contributed by atoms with van der Waals surface area (Å²) >= 11 is 0. The van der Waals surface area contributed by atoms with E-state index < -0.39 is 0 Å². The number of piperidine rings is 1. The number of nitrogens with zero attached hydrogens (tertiary/aromatic N) is 3. The number of carbonyl (C=O) groups excluding carboxylic acids is 1. The Bertz CT molecular complexity index is 961. The first-order valence-electron chi connectivity index (χ1n) is 12.0. The standard InChI is InChI=1S/C27H35N3O2/c1-27(2,3)26(31)29-15-13-28(14-16-29)22-9-10-23-21-11-12-30(25(17-21)24(23)18-22)32-19-20-7-5-4-6-8-20/h4-10,18,21,25H,11-17,19H2,1-3H3. The summed E-state index contributed by atoms with van der Waals surface area (Å²) in [6.07, 6.45) is 2.31. The zero-order valence-corrected chi connectivity index (χ0v) is 19.6. The third-order valence-corrected chi connectivity index (χ3v) is 7.24. The Morgan fingerprint density at radius 1 is 0.969 bits per heavy atom. The van der Waals surface area contributed by atoms with Crippen molar-refractivity contribution in [2.24, 2.45) is 5.41 Å². The summed E-state index contributed by atoms with van der Waals surface area (Å²) in [5, 5.41) is 2.22. The van der Waals surface area contributed by atoms with Crippen LogP contribution >= 0.6 is 0 Å². The maximum atomic E-state index is 12.6. The highest BCUT2D eigenvalue weighted by atomic mass is 16.7. The number of hydroxylamine groups is 2. The summed E-state index contributed by atoms with van der Waals surface area (Å²) < 4.78 is 0. The number of amides is 1. The molecule has 0 N–H and O–H groups in total. The molecule has 5 rings (SSSR count). The maximum Gasteiger partial charge on any atom is 0.228 e. The number of benzene rings is 2. The van der Waals surface area contributed by atoms with Crippen LogP contribution in [-0.2, 0) is 16.2 Å². The van der Waals surface area contributed by atoms with Crippen molar-refractivity contribution in [1.29, 1.82) is 0 Å². The molecule has 3 aliphatic rings. The second-order valence-corrected chi connectivity index (χ2v) is 10.5. The molecule has 5 nitrogen and oxygen atoms in total. The van der Waals surface area contributed by atoms with Crippen LogP contribution in [0.15, 0.2) is 48.5 Å². The van der Waals surface area contributed by atoms with Crippen LogP contribution in [0.2, 0.25) is 0 Å². The molecule has 2 heterocycles. The molecule has 2 atom stereocenters. The van der Waals surface area contributed by atoms with Crippen molar-refractivity contribution >= 4 is 11.6 Å². The molecule has 2 aromatic rings. The Balaban J connectivity index is 1.27. The van der Waals surface area contributed by atoms with Crippen molar-refractivity contribution in [1.82, 2.24) is 9.96 Å². The number of piperazine rings is 1. The Morgan fingerprint density at radius 2 is 1.72 bits per heavy atom. The highest BCUT2D eigenvalue weighted by Crippen LogP contribution is 2.50. The molecule has 5 heteroatoms. The number of fused-ring (bicyclic) bond motifs is 5. The van der Waals surface area contributed by atoms with E-state index in [-0.39, 0.29) is 11.3 Å². The van der Waals surface area contributed by atoms with Gasteiger partial charge in [-0.3, -0.25) is 9.63 Å². The maximum absolute atomic E-state index is 12.6. The van der Waals surface area contributed by atoms with E-state index in [0.29, 0.717) is 18.6 Å². The molecule has 1 aliphatic carbocycles. The van der Waals surface area contributed by atoms with Crippen molar-refractivity contribution in [3.8, 4) is 0 Å². The Kier molecular flexibility index (Phi) is 5.72. The summed E-state index contributed by atoms with van der Waals surface area (Å²) in [6.45, 7) is 11.0. The number of hydrogen-bond acceptors (Lipinski definition) is 4. The summed E-state index contributed by atoms with van der Waals surface area (Å²) in [6, 6.07) is 17.8. The first-order chi connectivity index (χ1) is 15.4. The van der Waals surface area contributed by atoms with Gasteiger partial charge in [0.1, 0.15) is 0 Å². The fourth-order valence-electron chi connectivity index (χ4n) is 5.46. The molecule has 0 radical (unpaired) electrons. The lowest BCUT2D eigenvalue weighted by atomic mass is 9.94. The number of rotatable bonds is 4. The number of anilines is 1. The summed E-state index contributed by atoms with van der Waals surface area (Å²) in [5.41, 5.74) is 5.12. The van der Waals surface area contributed by atoms with Crippen LogP contribution < -0.4 is 4.90 Å². The van der Waals surface area contributed by atoms with E-state index in [1.165, 1.54) is 22.4 Å². The fraction of sp³-hybridized carbons (Fsp3) is 0.519. The van der Waals surface area contributed by atoms with Gasteiger partial charge in [-0.15, -0.1) is 0 Å². The minimum absolute atomic E-state index is 0.256. The molecule has 0 spiro atoms. The quantitative estimate of drug-likeness (QED) is 0.697. The predicted octanol–water partition coefficient (Wildman–Crippen LogP) is 4.75. The zero-order valence-electron chi connectivity index (χ0n) is 19.6. The van der Waals surface area contributed by atoms with Gasteiger partial charge in [0.2, 0.25) is 5.91 Å². The van der Waals surface area contributed by atoms with Crippen LogP contribution in [0.3, 0.4) is 0 Å². The molecule has 0 saturated carbocycles. The molecule has 32 heavy (non-hydrogen) atoms. The van der Waals surface area contributed by atoms with E-state index in [4.69, 9.17) is 4.84 Å². The fourth-order valence-corrected chi connectivity index (χ4v) is 5.46. The second kappa shape index (κ2) is 8.53. The Hall–Kier alpha value is -2.37. The van der Waals surface area contributed by atoms with E-state index >= 15 is 0 Å². The van der Waals surface area contributed by atoms with Crippen molar-refractivity contribution < 1.29 is 9.63 Å². The molecule has 2 fully saturated rings. The van der Waals surface area contributed by atoms with Crippen molar-refractivity contribution in [3.63, 3.8) is 0 Å². The lowest BCUT2D eigenvalue weighted by molar-refractivity contribution is -0.207. The van der Waals surface area contributed by atoms with Crippen LogP contribution in [0.4, 0.5) is 5.69 Å². The molecule has 2 saturated heterocycles. The van der Waals surface area contributed by atoms with E-state index in [9.17, 15) is 4.79 Å². The van der Waals surface area contributed by atoms with Gasteiger partial charge >= 0.3 is 0 Å². The highest BCUT2D eigenvalue weighted by Gasteiger charge is 2.40. The zero-order chi connectivity index (χ0) is 22.3. The molecular weight excluding hydrogens is 398 g/mol. The molecule has 2 aliphatic heterocycles. The van der Waals surface area contributed by atoms with Gasteiger partial charge in [-0.2, -0.15) is 5.06 Å². The predicted molar refractivity (Wildman–Crippen MR) is 127 cm³/mol.